The van der Waals surface area contributed by atoms with Crippen LogP contribution in [-0.4, -0.2) is 65.6 Å². The maximum Gasteiger partial charge on any atom is 0.211 e. The van der Waals surface area contributed by atoms with Crippen LogP contribution in [0.1, 0.15) is 16.7 Å². The van der Waals surface area contributed by atoms with E-state index >= 15 is 0 Å². The number of aliphatic imine (C=N–C) groups is 1. The Labute approximate surface area is 181 Å². The lowest BCUT2D eigenvalue weighted by molar-refractivity contribution is 0.387. The number of piperazine rings is 1. The molecule has 2 aliphatic heterocycles. The summed E-state index contributed by atoms with van der Waals surface area (Å²) in [4.78, 5) is 11.5. The van der Waals surface area contributed by atoms with Gasteiger partial charge in [0.25, 0.3) is 0 Å². The molecule has 2 aromatic heterocycles. The van der Waals surface area contributed by atoms with Crippen LogP contribution < -0.4 is 4.90 Å². The molecule has 1 fully saturated rings. The summed E-state index contributed by atoms with van der Waals surface area (Å²) in [6.45, 7) is 2.87. The van der Waals surface area contributed by atoms with E-state index in [4.69, 9.17) is 4.99 Å². The van der Waals surface area contributed by atoms with Gasteiger partial charge in [0.05, 0.1) is 24.7 Å². The van der Waals surface area contributed by atoms with E-state index in [2.05, 4.69) is 39.2 Å². The number of nitrogens with zero attached hydrogens (tertiary/aromatic N) is 6. The highest BCUT2D eigenvalue weighted by Crippen LogP contribution is 2.29. The lowest BCUT2D eigenvalue weighted by Crippen LogP contribution is -2.48. The van der Waals surface area contributed by atoms with Gasteiger partial charge in [-0.15, -0.1) is 0 Å². The van der Waals surface area contributed by atoms with Crippen LogP contribution in [0.4, 0.5) is 5.82 Å². The molecule has 31 heavy (non-hydrogen) atoms. The molecule has 3 aromatic rings. The molecular formula is C22H24N6O2S. The Hall–Kier alpha value is -3.04. The normalized spacial score (nSPS) is 17.0. The highest BCUT2D eigenvalue weighted by atomic mass is 32.2. The fourth-order valence-electron chi connectivity index (χ4n) is 4.17. The zero-order chi connectivity index (χ0) is 21.6. The molecule has 0 saturated carbocycles. The van der Waals surface area contributed by atoms with Crippen molar-refractivity contribution in [3.05, 3.63) is 65.6 Å². The van der Waals surface area contributed by atoms with Crippen molar-refractivity contribution >= 4 is 21.6 Å². The fourth-order valence-corrected chi connectivity index (χ4v) is 4.99. The number of aromatic nitrogens is 3. The molecule has 0 atom stereocenters. The number of anilines is 1. The molecule has 0 aliphatic carbocycles. The van der Waals surface area contributed by atoms with E-state index in [0.717, 1.165) is 33.8 Å². The minimum atomic E-state index is -3.15. The van der Waals surface area contributed by atoms with Crippen LogP contribution in [0.3, 0.4) is 0 Å². The van der Waals surface area contributed by atoms with Crippen molar-refractivity contribution in [2.45, 2.75) is 6.54 Å². The van der Waals surface area contributed by atoms with Crippen LogP contribution in [0.5, 0.6) is 0 Å². The second-order valence-electron chi connectivity index (χ2n) is 7.99. The lowest BCUT2D eigenvalue weighted by atomic mass is 9.96. The summed E-state index contributed by atoms with van der Waals surface area (Å²) in [6, 6.07) is 10.5. The Morgan fingerprint density at radius 2 is 1.77 bits per heavy atom. The number of pyridine rings is 1. The second kappa shape index (κ2) is 7.58. The summed E-state index contributed by atoms with van der Waals surface area (Å²) in [5, 5.41) is 4.28. The van der Waals surface area contributed by atoms with E-state index in [0.29, 0.717) is 32.7 Å². The van der Waals surface area contributed by atoms with Crippen LogP contribution in [-0.2, 0) is 23.6 Å². The molecule has 160 valence electrons. The SMILES string of the molecule is Cn1cc(-c2ccc3c(c2)C(c2ccnc(N4CCN(S(C)(=O)=O)CC4)c2)=NC3)cn1. The Morgan fingerprint density at radius 1 is 0.968 bits per heavy atom. The van der Waals surface area contributed by atoms with Crippen molar-refractivity contribution < 1.29 is 8.42 Å². The van der Waals surface area contributed by atoms with Crippen molar-refractivity contribution in [3.8, 4) is 11.1 Å². The molecule has 8 nitrogen and oxygen atoms in total. The summed E-state index contributed by atoms with van der Waals surface area (Å²) in [5.41, 5.74) is 6.54. The van der Waals surface area contributed by atoms with Crippen molar-refractivity contribution in [3.63, 3.8) is 0 Å². The number of rotatable bonds is 4. The van der Waals surface area contributed by atoms with Gasteiger partial charge in [0.1, 0.15) is 5.82 Å². The third-order valence-corrected chi connectivity index (χ3v) is 7.16. The maximum absolute atomic E-state index is 11.8. The van der Waals surface area contributed by atoms with Crippen LogP contribution in [0.15, 0.2) is 53.9 Å². The van der Waals surface area contributed by atoms with Gasteiger partial charge in [-0.3, -0.25) is 9.67 Å². The smallest absolute Gasteiger partial charge is 0.211 e. The standard InChI is InChI=1S/C22H24N6O2S/c1-26-15-19(14-25-26)16-3-4-18-13-24-22(20(18)11-16)17-5-6-23-21(12-17)27-7-9-28(10-8-27)31(2,29)30/h3-6,11-12,14-15H,7-10,13H2,1-2H3. The second-order valence-corrected chi connectivity index (χ2v) is 9.97. The van der Waals surface area contributed by atoms with Gasteiger partial charge >= 0.3 is 0 Å². The summed E-state index contributed by atoms with van der Waals surface area (Å²) in [7, 11) is -1.24. The molecule has 1 saturated heterocycles. The monoisotopic (exact) mass is 436 g/mol. The quantitative estimate of drug-likeness (QED) is 0.624. The summed E-state index contributed by atoms with van der Waals surface area (Å²) < 4.78 is 26.9. The molecule has 9 heteroatoms. The van der Waals surface area contributed by atoms with Crippen molar-refractivity contribution in [1.82, 2.24) is 19.1 Å². The molecule has 5 rings (SSSR count). The molecule has 4 heterocycles. The average Bonchev–Trinajstić information content (AvgIpc) is 3.39. The maximum atomic E-state index is 11.8. The topological polar surface area (TPSA) is 83.7 Å². The number of sulfonamides is 1. The van der Waals surface area contributed by atoms with Crippen molar-refractivity contribution in [1.29, 1.82) is 0 Å². The van der Waals surface area contributed by atoms with E-state index in [1.807, 2.05) is 25.5 Å². The molecule has 0 unspecified atom stereocenters. The molecule has 0 radical (unpaired) electrons. The first-order valence-electron chi connectivity index (χ1n) is 10.2. The van der Waals surface area contributed by atoms with E-state index in [9.17, 15) is 8.42 Å². The van der Waals surface area contributed by atoms with Gasteiger partial charge in [-0.1, -0.05) is 12.1 Å². The third-order valence-electron chi connectivity index (χ3n) is 5.86. The van der Waals surface area contributed by atoms with Crippen molar-refractivity contribution in [2.75, 3.05) is 37.3 Å². The lowest BCUT2D eigenvalue weighted by Gasteiger charge is -2.34. The highest BCUT2D eigenvalue weighted by molar-refractivity contribution is 7.88. The molecule has 0 bridgehead atoms. The largest absolute Gasteiger partial charge is 0.354 e. The van der Waals surface area contributed by atoms with Crippen LogP contribution in [0.25, 0.3) is 11.1 Å². The van der Waals surface area contributed by atoms with Crippen LogP contribution in [0.2, 0.25) is 0 Å². The van der Waals surface area contributed by atoms with Crippen LogP contribution in [0, 0.1) is 0 Å². The number of fused-ring (bicyclic) bond motifs is 1. The van der Waals surface area contributed by atoms with E-state index in [1.54, 1.807) is 10.9 Å². The predicted octanol–water partition coefficient (Wildman–Crippen LogP) is 1.91. The Morgan fingerprint density at radius 3 is 2.48 bits per heavy atom. The number of aryl methyl sites for hydroxylation is 1. The first kappa shape index (κ1) is 19.9. The molecule has 0 N–H and O–H groups in total. The van der Waals surface area contributed by atoms with Gasteiger partial charge in [0.2, 0.25) is 10.0 Å². The molecule has 2 aliphatic rings. The van der Waals surface area contributed by atoms with E-state index in [1.165, 1.54) is 16.1 Å². The third kappa shape index (κ3) is 3.86. The molecule has 0 spiro atoms. The Bertz CT molecular complexity index is 1270. The van der Waals surface area contributed by atoms with E-state index in [-0.39, 0.29) is 0 Å². The van der Waals surface area contributed by atoms with Crippen molar-refractivity contribution in [2.24, 2.45) is 12.0 Å². The first-order valence-corrected chi connectivity index (χ1v) is 12.1. The number of hydrogen-bond acceptors (Lipinski definition) is 6. The summed E-state index contributed by atoms with van der Waals surface area (Å²) >= 11 is 0. The predicted molar refractivity (Wildman–Crippen MR) is 121 cm³/mol. The zero-order valence-electron chi connectivity index (χ0n) is 17.6. The average molecular weight is 437 g/mol. The Kier molecular flexibility index (Phi) is 4.86. The van der Waals surface area contributed by atoms with Gasteiger partial charge in [0.15, 0.2) is 0 Å². The summed E-state index contributed by atoms with van der Waals surface area (Å²) in [5.74, 6) is 0.852. The molecule has 0 amide bonds. The Balaban J connectivity index is 1.41. The highest BCUT2D eigenvalue weighted by Gasteiger charge is 2.25. The van der Waals surface area contributed by atoms with Gasteiger partial charge in [0, 0.05) is 62.3 Å². The fraction of sp³-hybridized carbons (Fsp3) is 0.318. The van der Waals surface area contributed by atoms with Gasteiger partial charge < -0.3 is 4.90 Å². The molecule has 1 aromatic carbocycles. The van der Waals surface area contributed by atoms with Gasteiger partial charge in [-0.2, -0.15) is 9.40 Å². The minimum absolute atomic E-state index is 0.475. The minimum Gasteiger partial charge on any atom is -0.354 e. The number of hydrogen-bond donors (Lipinski definition) is 0. The van der Waals surface area contributed by atoms with Gasteiger partial charge in [-0.25, -0.2) is 13.4 Å². The van der Waals surface area contributed by atoms with Gasteiger partial charge in [-0.05, 0) is 29.3 Å². The first-order chi connectivity index (χ1) is 14.9. The number of benzene rings is 1. The van der Waals surface area contributed by atoms with E-state index < -0.39 is 10.0 Å². The van der Waals surface area contributed by atoms with Crippen LogP contribution >= 0.6 is 0 Å². The molecular weight excluding hydrogens is 412 g/mol. The summed E-state index contributed by atoms with van der Waals surface area (Å²) in [6.07, 6.45) is 6.94. The zero-order valence-corrected chi connectivity index (χ0v) is 18.4.